The van der Waals surface area contributed by atoms with E-state index in [9.17, 15) is 8.78 Å². The largest absolute Gasteiger partial charge is 0.480 e. The first-order valence-electron chi connectivity index (χ1n) is 3.52. The number of nitriles is 1. The van der Waals surface area contributed by atoms with Crippen LogP contribution in [0.15, 0.2) is 6.07 Å². The first-order valence-corrected chi connectivity index (χ1v) is 3.90. The van der Waals surface area contributed by atoms with Crippen molar-refractivity contribution in [2.45, 2.75) is 6.43 Å². The standard InChI is InChI=1S/C8H5ClF2N2O/c1-14-8-5(3-12)4(7(10)11)2-6(9)13-8/h2,7H,1H3. The molecule has 1 heterocycles. The lowest BCUT2D eigenvalue weighted by molar-refractivity contribution is 0.150. The summed E-state index contributed by atoms with van der Waals surface area (Å²) in [6.07, 6.45) is -2.78. The van der Waals surface area contributed by atoms with Crippen molar-refractivity contribution in [3.63, 3.8) is 0 Å². The van der Waals surface area contributed by atoms with Crippen LogP contribution in [0.3, 0.4) is 0 Å². The van der Waals surface area contributed by atoms with E-state index >= 15 is 0 Å². The van der Waals surface area contributed by atoms with Gasteiger partial charge in [0.15, 0.2) is 0 Å². The van der Waals surface area contributed by atoms with E-state index in [1.165, 1.54) is 7.11 Å². The van der Waals surface area contributed by atoms with Crippen LogP contribution in [0.4, 0.5) is 8.78 Å². The highest BCUT2D eigenvalue weighted by molar-refractivity contribution is 6.29. The first-order chi connectivity index (χ1) is 6.60. The van der Waals surface area contributed by atoms with Crippen LogP contribution >= 0.6 is 11.6 Å². The van der Waals surface area contributed by atoms with Crippen LogP contribution in [0.25, 0.3) is 0 Å². The molecule has 3 nitrogen and oxygen atoms in total. The van der Waals surface area contributed by atoms with Gasteiger partial charge in [0.05, 0.1) is 7.11 Å². The topological polar surface area (TPSA) is 45.9 Å². The van der Waals surface area contributed by atoms with Crippen LogP contribution in [0.2, 0.25) is 5.15 Å². The summed E-state index contributed by atoms with van der Waals surface area (Å²) < 4.78 is 29.5. The number of hydrogen-bond acceptors (Lipinski definition) is 3. The molecule has 6 heteroatoms. The number of alkyl halides is 2. The van der Waals surface area contributed by atoms with Gasteiger partial charge in [0.25, 0.3) is 6.43 Å². The highest BCUT2D eigenvalue weighted by Gasteiger charge is 2.19. The van der Waals surface area contributed by atoms with Crippen molar-refractivity contribution in [3.05, 3.63) is 22.3 Å². The SMILES string of the molecule is COc1nc(Cl)cc(C(F)F)c1C#N. The molecule has 0 amide bonds. The van der Waals surface area contributed by atoms with Crippen LogP contribution in [0, 0.1) is 11.3 Å². The molecule has 74 valence electrons. The minimum atomic E-state index is -2.78. The van der Waals surface area contributed by atoms with Crippen LogP contribution < -0.4 is 4.74 Å². The van der Waals surface area contributed by atoms with Gasteiger partial charge in [-0.05, 0) is 6.07 Å². The zero-order valence-corrected chi connectivity index (χ0v) is 7.85. The molecule has 0 fully saturated rings. The third-order valence-electron chi connectivity index (χ3n) is 1.53. The molecule has 14 heavy (non-hydrogen) atoms. The fourth-order valence-electron chi connectivity index (χ4n) is 0.941. The summed E-state index contributed by atoms with van der Waals surface area (Å²) in [6, 6.07) is 2.55. The number of aromatic nitrogens is 1. The molecule has 1 aromatic rings. The Morgan fingerprint density at radius 3 is 2.71 bits per heavy atom. The predicted octanol–water partition coefficient (Wildman–Crippen LogP) is 2.55. The molecule has 0 aliphatic rings. The Kier molecular flexibility index (Phi) is 3.20. The summed E-state index contributed by atoms with van der Waals surface area (Å²) >= 11 is 5.47. The van der Waals surface area contributed by atoms with Gasteiger partial charge in [-0.15, -0.1) is 0 Å². The molecule has 1 rings (SSSR count). The van der Waals surface area contributed by atoms with Crippen LogP contribution in [0.1, 0.15) is 17.6 Å². The second kappa shape index (κ2) is 4.20. The highest BCUT2D eigenvalue weighted by Crippen LogP contribution is 2.30. The summed E-state index contributed by atoms with van der Waals surface area (Å²) in [6.45, 7) is 0. The van der Waals surface area contributed by atoms with E-state index in [4.69, 9.17) is 16.9 Å². The molecule has 0 aliphatic heterocycles. The average Bonchev–Trinajstić information content (AvgIpc) is 2.16. The van der Waals surface area contributed by atoms with Crippen LogP contribution in [0.5, 0.6) is 5.88 Å². The molecule has 0 bridgehead atoms. The molecule has 0 saturated carbocycles. The summed E-state index contributed by atoms with van der Waals surface area (Å²) in [4.78, 5) is 3.59. The number of nitrogens with zero attached hydrogens (tertiary/aromatic N) is 2. The molecule has 0 atom stereocenters. The van der Waals surface area contributed by atoms with Crippen LogP contribution in [-0.4, -0.2) is 12.1 Å². The van der Waals surface area contributed by atoms with Crippen molar-refractivity contribution in [1.29, 1.82) is 5.26 Å². The van der Waals surface area contributed by atoms with Gasteiger partial charge < -0.3 is 4.74 Å². The van der Waals surface area contributed by atoms with Gasteiger partial charge in [-0.2, -0.15) is 5.26 Å². The Morgan fingerprint density at radius 2 is 2.29 bits per heavy atom. The zero-order valence-electron chi connectivity index (χ0n) is 7.09. The Morgan fingerprint density at radius 1 is 1.64 bits per heavy atom. The minimum absolute atomic E-state index is 0.129. The highest BCUT2D eigenvalue weighted by atomic mass is 35.5. The third-order valence-corrected chi connectivity index (χ3v) is 1.72. The van der Waals surface area contributed by atoms with E-state index in [0.29, 0.717) is 0 Å². The molecular formula is C8H5ClF2N2O. The molecule has 0 radical (unpaired) electrons. The molecule has 0 unspecified atom stereocenters. The summed E-state index contributed by atoms with van der Waals surface area (Å²) in [5, 5.41) is 8.50. The van der Waals surface area contributed by atoms with Crippen molar-refractivity contribution < 1.29 is 13.5 Å². The summed E-state index contributed by atoms with van der Waals surface area (Å²) in [7, 11) is 1.23. The van der Waals surface area contributed by atoms with Gasteiger partial charge in [-0.1, -0.05) is 11.6 Å². The molecule has 0 N–H and O–H groups in total. The van der Waals surface area contributed by atoms with Gasteiger partial charge in [-0.3, -0.25) is 0 Å². The summed E-state index contributed by atoms with van der Waals surface area (Å²) in [5.41, 5.74) is -0.753. The van der Waals surface area contributed by atoms with Crippen molar-refractivity contribution in [3.8, 4) is 11.9 Å². The van der Waals surface area contributed by atoms with Gasteiger partial charge in [-0.25, -0.2) is 13.8 Å². The number of rotatable bonds is 2. The number of halogens is 3. The van der Waals surface area contributed by atoms with E-state index in [2.05, 4.69) is 9.72 Å². The predicted molar refractivity (Wildman–Crippen MR) is 45.5 cm³/mol. The van der Waals surface area contributed by atoms with Crippen molar-refractivity contribution in [1.82, 2.24) is 4.98 Å². The molecule has 0 saturated heterocycles. The van der Waals surface area contributed by atoms with E-state index in [1.54, 1.807) is 6.07 Å². The van der Waals surface area contributed by atoms with Gasteiger partial charge in [0.1, 0.15) is 16.8 Å². The third kappa shape index (κ3) is 1.91. The maximum atomic E-state index is 12.4. The monoisotopic (exact) mass is 218 g/mol. The number of ether oxygens (including phenoxy) is 1. The fourth-order valence-corrected chi connectivity index (χ4v) is 1.14. The van der Waals surface area contributed by atoms with E-state index in [0.717, 1.165) is 6.07 Å². The average molecular weight is 219 g/mol. The smallest absolute Gasteiger partial charge is 0.265 e. The van der Waals surface area contributed by atoms with E-state index in [1.807, 2.05) is 0 Å². The van der Waals surface area contributed by atoms with Crippen molar-refractivity contribution in [2.24, 2.45) is 0 Å². The van der Waals surface area contributed by atoms with Gasteiger partial charge in [0, 0.05) is 5.56 Å². The zero-order chi connectivity index (χ0) is 10.7. The lowest BCUT2D eigenvalue weighted by Crippen LogP contribution is -1.98. The lowest BCUT2D eigenvalue weighted by Gasteiger charge is -2.06. The second-order valence-corrected chi connectivity index (χ2v) is 2.72. The summed E-state index contributed by atoms with van der Waals surface area (Å²) in [5.74, 6) is -0.185. The van der Waals surface area contributed by atoms with Gasteiger partial charge in [0.2, 0.25) is 5.88 Å². The van der Waals surface area contributed by atoms with E-state index < -0.39 is 12.0 Å². The molecule has 0 spiro atoms. The minimum Gasteiger partial charge on any atom is -0.480 e. The maximum Gasteiger partial charge on any atom is 0.265 e. The Hall–Kier alpha value is -1.41. The normalized spacial score (nSPS) is 10.0. The molecule has 0 aliphatic carbocycles. The number of methoxy groups -OCH3 is 1. The molecular weight excluding hydrogens is 214 g/mol. The Labute approximate surface area is 83.9 Å². The fraction of sp³-hybridized carbons (Fsp3) is 0.250. The van der Waals surface area contributed by atoms with Crippen LogP contribution in [-0.2, 0) is 0 Å². The maximum absolute atomic E-state index is 12.4. The number of hydrogen-bond donors (Lipinski definition) is 0. The second-order valence-electron chi connectivity index (χ2n) is 2.33. The van der Waals surface area contributed by atoms with Crippen molar-refractivity contribution in [2.75, 3.05) is 7.11 Å². The van der Waals surface area contributed by atoms with E-state index in [-0.39, 0.29) is 16.6 Å². The molecule has 1 aromatic heterocycles. The quantitative estimate of drug-likeness (QED) is 0.717. The van der Waals surface area contributed by atoms with Gasteiger partial charge >= 0.3 is 0 Å². The van der Waals surface area contributed by atoms with Crippen molar-refractivity contribution >= 4 is 11.6 Å². The number of pyridine rings is 1. The first kappa shape index (κ1) is 10.7. The lowest BCUT2D eigenvalue weighted by atomic mass is 10.1. The Bertz CT molecular complexity index is 390. The Balaban J connectivity index is 3.41. The molecule has 0 aromatic carbocycles.